The van der Waals surface area contributed by atoms with Crippen LogP contribution in [0.3, 0.4) is 0 Å². The molecule has 0 fully saturated rings. The molecule has 0 aliphatic carbocycles. The zero-order valence-electron chi connectivity index (χ0n) is 7.86. The molecule has 0 unspecified atom stereocenters. The van der Waals surface area contributed by atoms with Crippen LogP contribution in [-0.4, -0.2) is 44.3 Å². The molecule has 92 valence electrons. The molecule has 0 amide bonds. The van der Waals surface area contributed by atoms with E-state index in [4.69, 9.17) is 20.4 Å². The van der Waals surface area contributed by atoms with Crippen molar-refractivity contribution in [3.05, 3.63) is 0 Å². The molecule has 0 heterocycles. The Morgan fingerprint density at radius 2 is 0.750 bits per heavy atom. The van der Waals surface area contributed by atoms with Gasteiger partial charge in [-0.25, -0.2) is 0 Å². The minimum absolute atomic E-state index is 0. The van der Waals surface area contributed by atoms with E-state index in [1.165, 1.54) is 0 Å². The molecule has 16 heavy (non-hydrogen) atoms. The Morgan fingerprint density at radius 1 is 0.625 bits per heavy atom. The summed E-state index contributed by atoms with van der Waals surface area (Å²) in [7, 11) is 0. The van der Waals surface area contributed by atoms with E-state index in [0.717, 1.165) is 0 Å². The number of hydrogen-bond acceptors (Lipinski definition) is 4. The standard InChI is InChI=1S/2C3H4O4.Ni.Zn/c2*4-2(5)1-3(6)7;;/h2*1H2,(H,4,5)(H,6,7);;. The van der Waals surface area contributed by atoms with Gasteiger partial charge in [-0.05, 0) is 0 Å². The molecule has 0 aromatic heterocycles. The number of rotatable bonds is 4. The van der Waals surface area contributed by atoms with Crippen molar-refractivity contribution in [1.29, 1.82) is 0 Å². The van der Waals surface area contributed by atoms with Crippen LogP contribution in [0.4, 0.5) is 0 Å². The number of carboxylic acids is 4. The third-order valence-electron chi connectivity index (χ3n) is 0.605. The summed E-state index contributed by atoms with van der Waals surface area (Å²) in [4.78, 5) is 37.7. The Balaban J connectivity index is -0.0000000800. The molecule has 0 rings (SSSR count). The van der Waals surface area contributed by atoms with Crippen LogP contribution in [0.1, 0.15) is 12.8 Å². The summed E-state index contributed by atoms with van der Waals surface area (Å²) in [6.07, 6.45) is -1.61. The van der Waals surface area contributed by atoms with E-state index < -0.39 is 36.7 Å². The van der Waals surface area contributed by atoms with Crippen molar-refractivity contribution in [2.75, 3.05) is 0 Å². The van der Waals surface area contributed by atoms with Crippen LogP contribution in [0.2, 0.25) is 0 Å². The van der Waals surface area contributed by atoms with Gasteiger partial charge in [0.05, 0.1) is 0 Å². The Morgan fingerprint density at radius 3 is 0.750 bits per heavy atom. The van der Waals surface area contributed by atoms with Gasteiger partial charge in [-0.15, -0.1) is 0 Å². The van der Waals surface area contributed by atoms with Gasteiger partial charge in [0.25, 0.3) is 0 Å². The molecule has 0 saturated heterocycles. The van der Waals surface area contributed by atoms with E-state index >= 15 is 0 Å². The normalized spacial score (nSPS) is 7.00. The molecule has 0 radical (unpaired) electrons. The molecule has 0 saturated carbocycles. The molecule has 0 atom stereocenters. The second-order valence-electron chi connectivity index (χ2n) is 1.93. The third kappa shape index (κ3) is 38.2. The fourth-order valence-corrected chi connectivity index (χ4v) is 0.259. The van der Waals surface area contributed by atoms with Crippen molar-refractivity contribution in [2.24, 2.45) is 0 Å². The van der Waals surface area contributed by atoms with E-state index in [-0.39, 0.29) is 36.0 Å². The van der Waals surface area contributed by atoms with Crippen molar-refractivity contribution < 1.29 is 75.6 Å². The van der Waals surface area contributed by atoms with Gasteiger partial charge in [-0.3, -0.25) is 19.2 Å². The molecule has 4 N–H and O–H groups in total. The molecular weight excluding hydrogens is 324 g/mol. The third-order valence-corrected chi connectivity index (χ3v) is 0.605. The smallest absolute Gasteiger partial charge is 0.314 e. The van der Waals surface area contributed by atoms with Gasteiger partial charge >= 0.3 is 23.9 Å². The summed E-state index contributed by atoms with van der Waals surface area (Å²) in [5, 5.41) is 30.8. The zero-order chi connectivity index (χ0) is 11.7. The first kappa shape index (κ1) is 24.3. The van der Waals surface area contributed by atoms with Crippen molar-refractivity contribution in [3.8, 4) is 0 Å². The first-order chi connectivity index (χ1) is 6.25. The number of carboxylic acid groups (broad SMARTS) is 4. The number of hydrogen-bond donors (Lipinski definition) is 4. The minimum atomic E-state index is -1.31. The summed E-state index contributed by atoms with van der Waals surface area (Å²) in [6.45, 7) is 0. The Labute approximate surface area is 112 Å². The van der Waals surface area contributed by atoms with Gasteiger partial charge in [0.15, 0.2) is 0 Å². The second kappa shape index (κ2) is 14.0. The van der Waals surface area contributed by atoms with Crippen LogP contribution in [0.5, 0.6) is 0 Å². The van der Waals surface area contributed by atoms with Crippen LogP contribution >= 0.6 is 0 Å². The van der Waals surface area contributed by atoms with Crippen LogP contribution in [0, 0.1) is 0 Å². The van der Waals surface area contributed by atoms with Crippen molar-refractivity contribution >= 4 is 23.9 Å². The van der Waals surface area contributed by atoms with E-state index in [2.05, 4.69) is 0 Å². The Hall–Kier alpha value is -1.00. The van der Waals surface area contributed by atoms with Crippen molar-refractivity contribution in [3.63, 3.8) is 0 Å². The molecule has 0 aromatic carbocycles. The number of carbonyl (C=O) groups is 4. The molecule has 8 nitrogen and oxygen atoms in total. The van der Waals surface area contributed by atoms with Crippen LogP contribution in [0.15, 0.2) is 0 Å². The van der Waals surface area contributed by atoms with Gasteiger partial charge in [-0.2, -0.15) is 0 Å². The van der Waals surface area contributed by atoms with E-state index in [1.54, 1.807) is 0 Å². The predicted molar refractivity (Wildman–Crippen MR) is 39.8 cm³/mol. The van der Waals surface area contributed by atoms with Gasteiger partial charge in [-0.1, -0.05) is 0 Å². The van der Waals surface area contributed by atoms with Gasteiger partial charge in [0, 0.05) is 36.0 Å². The molecular formula is C6H8NiO8Zn. The maximum atomic E-state index is 9.43. The van der Waals surface area contributed by atoms with Crippen LogP contribution in [0.25, 0.3) is 0 Å². The maximum absolute atomic E-state index is 9.43. The summed E-state index contributed by atoms with van der Waals surface area (Å²) in [5.41, 5.74) is 0. The molecule has 0 aliphatic rings. The first-order valence-electron chi connectivity index (χ1n) is 3.13. The van der Waals surface area contributed by atoms with Crippen LogP contribution < -0.4 is 0 Å². The van der Waals surface area contributed by atoms with Gasteiger partial charge in [0.2, 0.25) is 0 Å². The topological polar surface area (TPSA) is 149 Å². The van der Waals surface area contributed by atoms with Crippen molar-refractivity contribution in [1.82, 2.24) is 0 Å². The summed E-state index contributed by atoms with van der Waals surface area (Å²) >= 11 is 0. The average Bonchev–Trinajstić information content (AvgIpc) is 1.79. The monoisotopic (exact) mass is 330 g/mol. The SMILES string of the molecule is O=C(O)CC(=O)O.O=C(O)CC(=O)O.[Ni].[Zn]. The van der Waals surface area contributed by atoms with E-state index in [1.807, 2.05) is 0 Å². The molecule has 0 aliphatic heterocycles. The molecule has 0 aromatic rings. The largest absolute Gasteiger partial charge is 0.481 e. The maximum Gasteiger partial charge on any atom is 0.314 e. The number of aliphatic carboxylic acids is 4. The fraction of sp³-hybridized carbons (Fsp3) is 0.333. The van der Waals surface area contributed by atoms with Crippen LogP contribution in [-0.2, 0) is 55.1 Å². The average molecular weight is 332 g/mol. The predicted octanol–water partition coefficient (Wildman–Crippen LogP) is -0.914. The fourth-order valence-electron chi connectivity index (χ4n) is 0.259. The van der Waals surface area contributed by atoms with E-state index in [0.29, 0.717) is 0 Å². The first-order valence-corrected chi connectivity index (χ1v) is 3.13. The van der Waals surface area contributed by atoms with Crippen molar-refractivity contribution in [2.45, 2.75) is 12.8 Å². The quantitative estimate of drug-likeness (QED) is 0.382. The zero-order valence-corrected chi connectivity index (χ0v) is 11.8. The Kier molecular flexibility index (Phi) is 21.3. The Bertz CT molecular complexity index is 203. The summed E-state index contributed by atoms with van der Waals surface area (Å²) in [6, 6.07) is 0. The molecule has 10 heteroatoms. The van der Waals surface area contributed by atoms with Gasteiger partial charge < -0.3 is 20.4 Å². The molecule has 0 spiro atoms. The summed E-state index contributed by atoms with van der Waals surface area (Å²) in [5.74, 6) is -5.25. The minimum Gasteiger partial charge on any atom is -0.481 e. The van der Waals surface area contributed by atoms with Gasteiger partial charge in [0.1, 0.15) is 12.8 Å². The second-order valence-corrected chi connectivity index (χ2v) is 1.93. The summed E-state index contributed by atoms with van der Waals surface area (Å²) < 4.78 is 0. The molecule has 0 bridgehead atoms. The van der Waals surface area contributed by atoms with E-state index in [9.17, 15) is 19.2 Å².